The van der Waals surface area contributed by atoms with E-state index in [1.165, 1.54) is 37.1 Å². The third-order valence-corrected chi connectivity index (χ3v) is 3.23. The van der Waals surface area contributed by atoms with Crippen molar-refractivity contribution in [2.24, 2.45) is 0 Å². The van der Waals surface area contributed by atoms with Gasteiger partial charge in [0.2, 0.25) is 0 Å². The van der Waals surface area contributed by atoms with Gasteiger partial charge in [-0.25, -0.2) is 4.98 Å². The quantitative estimate of drug-likeness (QED) is 0.767. The molecule has 0 aliphatic heterocycles. The van der Waals surface area contributed by atoms with Crippen molar-refractivity contribution >= 4 is 11.6 Å². The predicted molar refractivity (Wildman–Crippen MR) is 59.0 cm³/mol. The highest BCUT2D eigenvalue weighted by atomic mass is 35.5. The van der Waals surface area contributed by atoms with E-state index in [4.69, 9.17) is 11.6 Å². The van der Waals surface area contributed by atoms with E-state index in [9.17, 15) is 0 Å². The number of aromatic nitrogens is 2. The fourth-order valence-electron chi connectivity index (χ4n) is 2.34. The lowest BCUT2D eigenvalue weighted by atomic mass is 10.0. The number of nitrogens with zero attached hydrogens (tertiary/aromatic N) is 1. The van der Waals surface area contributed by atoms with Crippen molar-refractivity contribution < 1.29 is 0 Å². The zero-order valence-corrected chi connectivity index (χ0v) is 9.40. The Morgan fingerprint density at radius 1 is 1.43 bits per heavy atom. The molecule has 1 saturated carbocycles. The Labute approximate surface area is 90.1 Å². The number of imidazole rings is 1. The fourth-order valence-corrected chi connectivity index (χ4v) is 2.52. The van der Waals surface area contributed by atoms with Crippen LogP contribution < -0.4 is 0 Å². The number of rotatable bonds is 3. The minimum atomic E-state index is 0.650. The molecule has 1 aliphatic carbocycles. The maximum absolute atomic E-state index is 5.70. The van der Waals surface area contributed by atoms with Crippen LogP contribution >= 0.6 is 11.6 Å². The zero-order valence-electron chi connectivity index (χ0n) is 8.65. The van der Waals surface area contributed by atoms with Crippen molar-refractivity contribution in [2.75, 3.05) is 5.88 Å². The second-order valence-electron chi connectivity index (χ2n) is 4.11. The molecular formula is C11H17ClN2. The molecule has 1 N–H and O–H groups in total. The van der Waals surface area contributed by atoms with Crippen molar-refractivity contribution in [1.82, 2.24) is 9.97 Å². The van der Waals surface area contributed by atoms with Crippen LogP contribution in [0.3, 0.4) is 0 Å². The van der Waals surface area contributed by atoms with Gasteiger partial charge < -0.3 is 4.98 Å². The molecule has 1 aromatic rings. The van der Waals surface area contributed by atoms with Crippen LogP contribution in [0.15, 0.2) is 0 Å². The summed E-state index contributed by atoms with van der Waals surface area (Å²) in [6.07, 6.45) is 6.21. The number of aryl methyl sites for hydroxylation is 2. The molecule has 14 heavy (non-hydrogen) atoms. The maximum atomic E-state index is 5.70. The first-order valence-electron chi connectivity index (χ1n) is 5.42. The van der Waals surface area contributed by atoms with Crippen LogP contribution in [-0.4, -0.2) is 15.8 Å². The Bertz CT molecular complexity index is 300. The lowest BCUT2D eigenvalue weighted by Crippen LogP contribution is -1.95. The minimum Gasteiger partial charge on any atom is -0.346 e. The highest BCUT2D eigenvalue weighted by Gasteiger charge is 2.21. The van der Waals surface area contributed by atoms with E-state index in [-0.39, 0.29) is 0 Å². The normalized spacial score (nSPS) is 17.9. The number of hydrogen-bond acceptors (Lipinski definition) is 1. The van der Waals surface area contributed by atoms with Gasteiger partial charge in [0, 0.05) is 23.9 Å². The van der Waals surface area contributed by atoms with E-state index < -0.39 is 0 Å². The molecule has 0 bridgehead atoms. The monoisotopic (exact) mass is 212 g/mol. The summed E-state index contributed by atoms with van der Waals surface area (Å²) < 4.78 is 0. The summed E-state index contributed by atoms with van der Waals surface area (Å²) >= 11 is 5.70. The molecule has 3 heteroatoms. The van der Waals surface area contributed by atoms with E-state index >= 15 is 0 Å². The lowest BCUT2D eigenvalue weighted by Gasteiger charge is -2.05. The van der Waals surface area contributed by atoms with Crippen molar-refractivity contribution in [1.29, 1.82) is 0 Å². The van der Waals surface area contributed by atoms with Gasteiger partial charge in [-0.05, 0) is 19.8 Å². The van der Waals surface area contributed by atoms with Gasteiger partial charge in [-0.2, -0.15) is 0 Å². The largest absolute Gasteiger partial charge is 0.346 e. The standard InChI is InChI=1S/C11H17ClN2/c1-8-11(9-4-2-3-5-9)14-10(13-8)6-7-12/h9H,2-7H2,1H3,(H,13,14). The first-order chi connectivity index (χ1) is 6.81. The van der Waals surface area contributed by atoms with Gasteiger partial charge in [0.05, 0.1) is 5.69 Å². The lowest BCUT2D eigenvalue weighted by molar-refractivity contribution is 0.694. The van der Waals surface area contributed by atoms with Gasteiger partial charge >= 0.3 is 0 Å². The summed E-state index contributed by atoms with van der Waals surface area (Å²) in [7, 11) is 0. The first-order valence-corrected chi connectivity index (χ1v) is 5.96. The number of alkyl halides is 1. The van der Waals surface area contributed by atoms with Crippen LogP contribution in [-0.2, 0) is 6.42 Å². The molecule has 1 heterocycles. The molecule has 1 fully saturated rings. The highest BCUT2D eigenvalue weighted by Crippen LogP contribution is 2.34. The van der Waals surface area contributed by atoms with Crippen molar-refractivity contribution in [3.63, 3.8) is 0 Å². The average Bonchev–Trinajstić information content (AvgIpc) is 2.74. The molecule has 0 atom stereocenters. The van der Waals surface area contributed by atoms with Crippen LogP contribution in [0.1, 0.15) is 48.8 Å². The molecule has 78 valence electrons. The van der Waals surface area contributed by atoms with E-state index in [2.05, 4.69) is 16.9 Å². The van der Waals surface area contributed by atoms with Gasteiger partial charge in [-0.1, -0.05) is 12.8 Å². The Balaban J connectivity index is 2.15. The highest BCUT2D eigenvalue weighted by molar-refractivity contribution is 6.17. The summed E-state index contributed by atoms with van der Waals surface area (Å²) in [6, 6.07) is 0. The van der Waals surface area contributed by atoms with Crippen LogP contribution in [0.5, 0.6) is 0 Å². The zero-order chi connectivity index (χ0) is 9.97. The van der Waals surface area contributed by atoms with Crippen molar-refractivity contribution in [3.8, 4) is 0 Å². The molecule has 0 saturated heterocycles. The summed E-state index contributed by atoms with van der Waals surface area (Å²) in [5, 5.41) is 0. The first kappa shape index (κ1) is 10.0. The van der Waals surface area contributed by atoms with Crippen molar-refractivity contribution in [2.45, 2.75) is 44.9 Å². The average molecular weight is 213 g/mol. The van der Waals surface area contributed by atoms with Crippen LogP contribution in [0.25, 0.3) is 0 Å². The minimum absolute atomic E-state index is 0.650. The van der Waals surface area contributed by atoms with E-state index in [0.717, 1.165) is 12.2 Å². The van der Waals surface area contributed by atoms with E-state index in [1.54, 1.807) is 0 Å². The molecule has 2 rings (SSSR count). The number of halogens is 1. The van der Waals surface area contributed by atoms with Gasteiger partial charge in [0.25, 0.3) is 0 Å². The second kappa shape index (κ2) is 4.35. The number of hydrogen-bond donors (Lipinski definition) is 1. The van der Waals surface area contributed by atoms with Crippen LogP contribution in [0, 0.1) is 6.92 Å². The van der Waals surface area contributed by atoms with E-state index in [1.807, 2.05) is 0 Å². The van der Waals surface area contributed by atoms with Gasteiger partial charge in [-0.3, -0.25) is 0 Å². The Hall–Kier alpha value is -0.500. The molecular weight excluding hydrogens is 196 g/mol. The van der Waals surface area contributed by atoms with Gasteiger partial charge in [-0.15, -0.1) is 11.6 Å². The van der Waals surface area contributed by atoms with Gasteiger partial charge in [0.1, 0.15) is 5.82 Å². The van der Waals surface area contributed by atoms with Crippen LogP contribution in [0.4, 0.5) is 0 Å². The molecule has 1 aromatic heterocycles. The molecule has 2 nitrogen and oxygen atoms in total. The third-order valence-electron chi connectivity index (χ3n) is 3.04. The number of aromatic amines is 1. The summed E-state index contributed by atoms with van der Waals surface area (Å²) in [5.41, 5.74) is 2.54. The molecule has 0 radical (unpaired) electrons. The SMILES string of the molecule is Cc1[nH]c(CCCl)nc1C1CCCC1. The molecule has 0 unspecified atom stereocenters. The Morgan fingerprint density at radius 2 is 2.14 bits per heavy atom. The topological polar surface area (TPSA) is 28.7 Å². The molecule has 0 spiro atoms. The number of H-pyrrole nitrogens is 1. The summed E-state index contributed by atoms with van der Waals surface area (Å²) in [6.45, 7) is 2.12. The molecule has 1 aliphatic rings. The maximum Gasteiger partial charge on any atom is 0.107 e. The molecule has 0 aromatic carbocycles. The predicted octanol–water partition coefficient (Wildman–Crippen LogP) is 3.16. The smallest absolute Gasteiger partial charge is 0.107 e. The summed E-state index contributed by atoms with van der Waals surface area (Å²) in [4.78, 5) is 7.97. The van der Waals surface area contributed by atoms with Crippen molar-refractivity contribution in [3.05, 3.63) is 17.2 Å². The third kappa shape index (κ3) is 1.95. The number of nitrogens with one attached hydrogen (secondary N) is 1. The summed E-state index contributed by atoms with van der Waals surface area (Å²) in [5.74, 6) is 2.41. The fraction of sp³-hybridized carbons (Fsp3) is 0.727. The second-order valence-corrected chi connectivity index (χ2v) is 4.49. The van der Waals surface area contributed by atoms with Crippen LogP contribution in [0.2, 0.25) is 0 Å². The van der Waals surface area contributed by atoms with E-state index in [0.29, 0.717) is 11.8 Å². The molecule has 0 amide bonds. The Kier molecular flexibility index (Phi) is 3.12. The Morgan fingerprint density at radius 3 is 2.79 bits per heavy atom. The van der Waals surface area contributed by atoms with Gasteiger partial charge in [0.15, 0.2) is 0 Å².